The maximum absolute atomic E-state index is 3.36. The molecule has 0 atom stereocenters. The van der Waals surface area contributed by atoms with Crippen molar-refractivity contribution in [1.29, 1.82) is 0 Å². The zero-order valence-electron chi connectivity index (χ0n) is 35.1. The topological polar surface area (TPSA) is 0 Å². The third-order valence-corrected chi connectivity index (χ3v) is 34.2. The molecule has 0 fully saturated rings. The van der Waals surface area contributed by atoms with E-state index >= 15 is 0 Å². The van der Waals surface area contributed by atoms with Crippen molar-refractivity contribution in [1.82, 2.24) is 0 Å². The average molecular weight is 793 g/mol. The third-order valence-electron chi connectivity index (χ3n) is 11.2. The van der Waals surface area contributed by atoms with E-state index in [0.29, 0.717) is 0 Å². The first-order valence-corrected chi connectivity index (χ1v) is 43.9. The molecule has 49 heavy (non-hydrogen) atoms. The molecule has 0 aromatic heterocycles. The van der Waals surface area contributed by atoms with E-state index in [4.69, 9.17) is 0 Å². The molecule has 4 rings (SSSR count). The predicted molar refractivity (Wildman–Crippen MR) is 238 cm³/mol. The summed E-state index contributed by atoms with van der Waals surface area (Å²) in [6, 6.07) is 23.9. The first-order valence-electron chi connectivity index (χ1n) is 19.1. The zero-order chi connectivity index (χ0) is 37.2. The van der Waals surface area contributed by atoms with Crippen molar-refractivity contribution in [3.63, 3.8) is 0 Å². The van der Waals surface area contributed by atoms with Crippen molar-refractivity contribution in [2.24, 2.45) is 0 Å². The van der Waals surface area contributed by atoms with Crippen LogP contribution < -0.4 is 0 Å². The molecule has 0 N–H and O–H groups in total. The Hall–Kier alpha value is -0.584. The van der Waals surface area contributed by atoms with Gasteiger partial charge in [-0.15, -0.1) is 0 Å². The Balaban J connectivity index is 2.42. The molecule has 2 aliphatic carbocycles. The molecule has 0 nitrogen and oxygen atoms in total. The molecule has 0 amide bonds. The van der Waals surface area contributed by atoms with Crippen molar-refractivity contribution in [3.05, 3.63) is 111 Å². The SMILES string of the molecule is C[Si](C)(C)C1=C([Si](C)(C)C)[C]([Ti]([CH2]c2ccccc2)([CH2]c2ccccc2)[C]2=C([Si](C)(C)C)CC([Si](C)(C)C)=C2[Si](C)(C)C)=C([Si](C)(C)C)C1. The van der Waals surface area contributed by atoms with Crippen molar-refractivity contribution in [3.8, 4) is 0 Å². The Bertz CT molecular complexity index is 1540. The van der Waals surface area contributed by atoms with E-state index in [0.717, 1.165) is 0 Å². The summed E-state index contributed by atoms with van der Waals surface area (Å²) in [4.78, 5) is 0. The van der Waals surface area contributed by atoms with Crippen LogP contribution in [0.2, 0.25) is 118 Å². The Labute approximate surface area is 313 Å². The monoisotopic (exact) mass is 792 g/mol. The molecule has 0 radical (unpaired) electrons. The molecule has 0 unspecified atom stereocenters. The summed E-state index contributed by atoms with van der Waals surface area (Å²) in [5.41, 5.74) is 3.19. The van der Waals surface area contributed by atoms with Crippen LogP contribution in [0.15, 0.2) is 99.6 Å². The first-order chi connectivity index (χ1) is 22.1. The fourth-order valence-corrected chi connectivity index (χ4v) is 44.2. The van der Waals surface area contributed by atoms with Gasteiger partial charge in [-0.25, -0.2) is 0 Å². The van der Waals surface area contributed by atoms with E-state index < -0.39 is 65.0 Å². The summed E-state index contributed by atoms with van der Waals surface area (Å²) in [5, 5.41) is 11.8. The van der Waals surface area contributed by atoms with E-state index in [1.807, 2.05) is 31.2 Å². The van der Waals surface area contributed by atoms with Crippen molar-refractivity contribution in [2.45, 2.75) is 140 Å². The van der Waals surface area contributed by atoms with Crippen LogP contribution >= 0.6 is 0 Å². The molecule has 7 heteroatoms. The van der Waals surface area contributed by atoms with Gasteiger partial charge in [-0.3, -0.25) is 0 Å². The van der Waals surface area contributed by atoms with Gasteiger partial charge in [0.2, 0.25) is 0 Å². The van der Waals surface area contributed by atoms with Gasteiger partial charge in [-0.2, -0.15) is 0 Å². The minimum absolute atomic E-state index is 1.28. The Morgan fingerprint density at radius 2 is 0.633 bits per heavy atom. The molecular formula is C42H72Si6Ti. The van der Waals surface area contributed by atoms with Crippen LogP contribution in [0, 0.1) is 0 Å². The molecule has 2 aromatic rings. The fraction of sp³-hybridized carbons (Fsp3) is 0.524. The molecule has 0 saturated heterocycles. The van der Waals surface area contributed by atoms with Gasteiger partial charge in [0.15, 0.2) is 0 Å². The van der Waals surface area contributed by atoms with Crippen LogP contribution in [0.3, 0.4) is 0 Å². The van der Waals surface area contributed by atoms with E-state index in [1.54, 1.807) is 11.1 Å². The standard InChI is InChI=1S/2C14H29Si3.2C7H7.Ti/c2*1-15(2,3)12-10-13(16(4,5)6)14(11-12)17(7,8)9;2*1-7-5-3-2-4-6-7;/h2*10H2,1-9H3;2*2-6H,1H2;. The van der Waals surface area contributed by atoms with Gasteiger partial charge in [-0.05, 0) is 0 Å². The number of hydrogen-bond acceptors (Lipinski definition) is 0. The van der Waals surface area contributed by atoms with E-state index in [1.165, 1.54) is 22.3 Å². The zero-order valence-corrected chi connectivity index (χ0v) is 42.7. The molecule has 0 aliphatic heterocycles. The predicted octanol–water partition coefficient (Wildman–Crippen LogP) is 13.7. The van der Waals surface area contributed by atoms with Crippen LogP contribution in [0.1, 0.15) is 24.0 Å². The summed E-state index contributed by atoms with van der Waals surface area (Å²) in [5.74, 6) is 0. The number of rotatable bonds is 12. The Morgan fingerprint density at radius 1 is 0.367 bits per heavy atom. The molecular weight excluding hydrogens is 721 g/mol. The van der Waals surface area contributed by atoms with Crippen LogP contribution in [-0.4, -0.2) is 48.4 Å². The molecule has 0 saturated carbocycles. The van der Waals surface area contributed by atoms with Crippen LogP contribution in [0.4, 0.5) is 0 Å². The second-order valence-electron chi connectivity index (χ2n) is 21.7. The molecule has 0 bridgehead atoms. The average Bonchev–Trinajstić information content (AvgIpc) is 3.56. The quantitative estimate of drug-likeness (QED) is 0.188. The molecule has 2 aliphatic rings. The van der Waals surface area contributed by atoms with Gasteiger partial charge >= 0.3 is 316 Å². The van der Waals surface area contributed by atoms with Crippen LogP contribution in [0.5, 0.6) is 0 Å². The summed E-state index contributed by atoms with van der Waals surface area (Å²) < 4.78 is 6.67. The summed E-state index contributed by atoms with van der Waals surface area (Å²) in [6.45, 7) is 48.6. The van der Waals surface area contributed by atoms with Gasteiger partial charge in [0.25, 0.3) is 0 Å². The summed E-state index contributed by atoms with van der Waals surface area (Å²) in [7, 11) is -10.1. The van der Waals surface area contributed by atoms with Gasteiger partial charge in [-0.1, -0.05) is 0 Å². The second-order valence-corrected chi connectivity index (χ2v) is 58.1. The van der Waals surface area contributed by atoms with Gasteiger partial charge < -0.3 is 0 Å². The number of hydrogen-bond donors (Lipinski definition) is 0. The molecule has 2 aromatic carbocycles. The van der Waals surface area contributed by atoms with Crippen LogP contribution in [0.25, 0.3) is 0 Å². The summed E-state index contributed by atoms with van der Waals surface area (Å²) in [6.07, 6.45) is 2.58. The first kappa shape index (κ1) is 41.2. The van der Waals surface area contributed by atoms with E-state index in [9.17, 15) is 0 Å². The second kappa shape index (κ2) is 14.0. The summed E-state index contributed by atoms with van der Waals surface area (Å²) >= 11 is -3.36. The van der Waals surface area contributed by atoms with Crippen LogP contribution in [-0.2, 0) is 26.0 Å². The normalized spacial score (nSPS) is 17.7. The maximum atomic E-state index is 2.72. The number of benzene rings is 2. The van der Waals surface area contributed by atoms with E-state index in [-0.39, 0.29) is 0 Å². The fourth-order valence-electron chi connectivity index (χ4n) is 9.01. The van der Waals surface area contributed by atoms with Gasteiger partial charge in [0.05, 0.1) is 0 Å². The van der Waals surface area contributed by atoms with Crippen molar-refractivity contribution >= 4 is 48.4 Å². The molecule has 268 valence electrons. The van der Waals surface area contributed by atoms with E-state index in [2.05, 4.69) is 186 Å². The third kappa shape index (κ3) is 8.80. The number of allylic oxidation sites excluding steroid dienone is 8. The van der Waals surface area contributed by atoms with Gasteiger partial charge in [0, 0.05) is 0 Å². The van der Waals surface area contributed by atoms with Crippen molar-refractivity contribution < 1.29 is 16.6 Å². The van der Waals surface area contributed by atoms with Gasteiger partial charge in [0.1, 0.15) is 0 Å². The molecule has 0 spiro atoms. The molecule has 0 heterocycles. The minimum atomic E-state index is -3.36. The Kier molecular flexibility index (Phi) is 11.8. The van der Waals surface area contributed by atoms with Crippen molar-refractivity contribution in [2.75, 3.05) is 0 Å². The Morgan fingerprint density at radius 3 is 0.857 bits per heavy atom.